The van der Waals surface area contributed by atoms with E-state index in [1.807, 2.05) is 7.05 Å². The first kappa shape index (κ1) is 14.3. The Hall–Kier alpha value is -0.120. The molecule has 3 nitrogen and oxygen atoms in total. The van der Waals surface area contributed by atoms with E-state index in [1.54, 1.807) is 0 Å². The molecule has 2 aliphatic rings. The van der Waals surface area contributed by atoms with E-state index >= 15 is 0 Å². The van der Waals surface area contributed by atoms with Gasteiger partial charge in [-0.15, -0.1) is 0 Å². The van der Waals surface area contributed by atoms with Crippen molar-refractivity contribution in [2.24, 2.45) is 5.92 Å². The molecule has 106 valence electrons. The average molecular weight is 254 g/mol. The predicted molar refractivity (Wildman–Crippen MR) is 75.7 cm³/mol. The number of aliphatic hydroxyl groups excluding tert-OH is 1. The van der Waals surface area contributed by atoms with Crippen LogP contribution in [0.15, 0.2) is 0 Å². The first-order chi connectivity index (χ1) is 8.69. The largest absolute Gasteiger partial charge is 0.394 e. The number of likely N-dealkylation sites (N-methyl/N-ethyl adjacent to an activating group) is 1. The first-order valence-corrected chi connectivity index (χ1v) is 7.73. The fraction of sp³-hybridized carbons (Fsp3) is 1.00. The van der Waals surface area contributed by atoms with Crippen LogP contribution < -0.4 is 5.32 Å². The Labute approximate surface area is 112 Å². The molecule has 0 aromatic carbocycles. The lowest BCUT2D eigenvalue weighted by Gasteiger charge is -2.43. The lowest BCUT2D eigenvalue weighted by molar-refractivity contribution is 0.0648. The van der Waals surface area contributed by atoms with Gasteiger partial charge in [-0.05, 0) is 71.0 Å². The average Bonchev–Trinajstić information content (AvgIpc) is 2.63. The van der Waals surface area contributed by atoms with Crippen LogP contribution in [0, 0.1) is 5.92 Å². The van der Waals surface area contributed by atoms with Crippen LogP contribution in [0.4, 0.5) is 0 Å². The number of aliphatic hydroxyl groups is 1. The van der Waals surface area contributed by atoms with Crippen LogP contribution in [-0.2, 0) is 0 Å². The van der Waals surface area contributed by atoms with Gasteiger partial charge in [-0.3, -0.25) is 0 Å². The first-order valence-electron chi connectivity index (χ1n) is 7.73. The Morgan fingerprint density at radius 2 is 2.06 bits per heavy atom. The highest BCUT2D eigenvalue weighted by Crippen LogP contribution is 2.32. The van der Waals surface area contributed by atoms with Gasteiger partial charge in [0.15, 0.2) is 0 Å². The maximum Gasteiger partial charge on any atom is 0.0613 e. The summed E-state index contributed by atoms with van der Waals surface area (Å²) in [5.41, 5.74) is -0.0131. The van der Waals surface area contributed by atoms with Gasteiger partial charge in [0.25, 0.3) is 0 Å². The molecule has 0 bridgehead atoms. The minimum atomic E-state index is -0.0131. The zero-order chi connectivity index (χ0) is 13.0. The molecule has 0 aromatic heterocycles. The summed E-state index contributed by atoms with van der Waals surface area (Å²) in [7, 11) is 2.00. The molecule has 0 amide bonds. The van der Waals surface area contributed by atoms with Gasteiger partial charge >= 0.3 is 0 Å². The van der Waals surface area contributed by atoms with Gasteiger partial charge in [-0.2, -0.15) is 0 Å². The second-order valence-corrected chi connectivity index (χ2v) is 6.51. The van der Waals surface area contributed by atoms with Crippen molar-refractivity contribution in [2.75, 3.05) is 26.7 Å². The van der Waals surface area contributed by atoms with E-state index in [1.165, 1.54) is 45.2 Å². The second-order valence-electron chi connectivity index (χ2n) is 6.51. The zero-order valence-electron chi connectivity index (χ0n) is 12.1. The van der Waals surface area contributed by atoms with Crippen molar-refractivity contribution < 1.29 is 5.11 Å². The van der Waals surface area contributed by atoms with Gasteiger partial charge in [-0.25, -0.2) is 0 Å². The number of nitrogens with zero attached hydrogens (tertiary/aromatic N) is 1. The summed E-state index contributed by atoms with van der Waals surface area (Å²) in [6.45, 7) is 5.19. The predicted octanol–water partition coefficient (Wildman–Crippen LogP) is 2.00. The fourth-order valence-electron chi connectivity index (χ4n) is 3.74. The van der Waals surface area contributed by atoms with Gasteiger partial charge < -0.3 is 15.3 Å². The number of likely N-dealkylation sites (tertiary alicyclic amines) is 1. The highest BCUT2D eigenvalue weighted by molar-refractivity contribution is 4.95. The van der Waals surface area contributed by atoms with E-state index in [2.05, 4.69) is 17.1 Å². The summed E-state index contributed by atoms with van der Waals surface area (Å²) in [6, 6.07) is 0.684. The highest BCUT2D eigenvalue weighted by Gasteiger charge is 2.36. The summed E-state index contributed by atoms with van der Waals surface area (Å²) in [5.74, 6) is 0.894. The van der Waals surface area contributed by atoms with Crippen LogP contribution in [-0.4, -0.2) is 48.3 Å². The minimum absolute atomic E-state index is 0.0131. The Bertz CT molecular complexity index is 253. The van der Waals surface area contributed by atoms with Crippen molar-refractivity contribution in [2.45, 2.75) is 63.5 Å². The SMILES string of the molecule is CNC1(CO)CCCC(N2CCCC(C)CC2)C1. The number of hydrogen-bond acceptors (Lipinski definition) is 3. The molecule has 0 aromatic rings. The molecule has 3 unspecified atom stereocenters. The van der Waals surface area contributed by atoms with Gasteiger partial charge in [0.05, 0.1) is 6.61 Å². The molecule has 2 fully saturated rings. The quantitative estimate of drug-likeness (QED) is 0.808. The van der Waals surface area contributed by atoms with E-state index in [4.69, 9.17) is 0 Å². The highest BCUT2D eigenvalue weighted by atomic mass is 16.3. The molecular formula is C15H30N2O. The maximum atomic E-state index is 9.67. The van der Waals surface area contributed by atoms with E-state index in [0.717, 1.165) is 18.8 Å². The van der Waals surface area contributed by atoms with E-state index in [0.29, 0.717) is 6.04 Å². The van der Waals surface area contributed by atoms with Crippen molar-refractivity contribution in [3.8, 4) is 0 Å². The van der Waals surface area contributed by atoms with E-state index < -0.39 is 0 Å². The molecule has 1 heterocycles. The molecule has 0 radical (unpaired) electrons. The monoisotopic (exact) mass is 254 g/mol. The van der Waals surface area contributed by atoms with Crippen molar-refractivity contribution >= 4 is 0 Å². The molecule has 1 saturated heterocycles. The van der Waals surface area contributed by atoms with E-state index in [9.17, 15) is 5.11 Å². The van der Waals surface area contributed by atoms with Crippen LogP contribution in [0.25, 0.3) is 0 Å². The van der Waals surface area contributed by atoms with E-state index in [-0.39, 0.29) is 12.1 Å². The molecule has 1 aliphatic carbocycles. The minimum Gasteiger partial charge on any atom is -0.394 e. The van der Waals surface area contributed by atoms with Crippen LogP contribution in [0.1, 0.15) is 51.9 Å². The molecule has 3 heteroatoms. The number of rotatable bonds is 3. The standard InChI is InChI=1S/C15H30N2O/c1-13-5-4-9-17(10-7-13)14-6-3-8-15(11-14,12-18)16-2/h13-14,16,18H,3-12H2,1-2H3. The third-order valence-electron chi connectivity index (χ3n) is 5.22. The maximum absolute atomic E-state index is 9.67. The molecule has 0 spiro atoms. The number of nitrogens with one attached hydrogen (secondary N) is 1. The van der Waals surface area contributed by atoms with Crippen LogP contribution in [0.2, 0.25) is 0 Å². The molecule has 2 N–H and O–H groups in total. The summed E-state index contributed by atoms with van der Waals surface area (Å²) < 4.78 is 0. The summed E-state index contributed by atoms with van der Waals surface area (Å²) >= 11 is 0. The Morgan fingerprint density at radius 1 is 1.22 bits per heavy atom. The second kappa shape index (κ2) is 6.36. The zero-order valence-corrected chi connectivity index (χ0v) is 12.1. The Balaban J connectivity index is 1.95. The molecule has 2 rings (SSSR count). The normalized spacial score (nSPS) is 39.5. The lowest BCUT2D eigenvalue weighted by atomic mass is 9.79. The molecular weight excluding hydrogens is 224 g/mol. The van der Waals surface area contributed by atoms with Crippen molar-refractivity contribution in [1.29, 1.82) is 0 Å². The molecule has 18 heavy (non-hydrogen) atoms. The van der Waals surface area contributed by atoms with Crippen molar-refractivity contribution in [1.82, 2.24) is 10.2 Å². The smallest absolute Gasteiger partial charge is 0.0613 e. The lowest BCUT2D eigenvalue weighted by Crippen LogP contribution is -2.54. The Kier molecular flexibility index (Phi) is 5.05. The number of hydrogen-bond donors (Lipinski definition) is 2. The summed E-state index contributed by atoms with van der Waals surface area (Å²) in [4.78, 5) is 2.70. The summed E-state index contributed by atoms with van der Waals surface area (Å²) in [5, 5.41) is 13.1. The van der Waals surface area contributed by atoms with Crippen LogP contribution >= 0.6 is 0 Å². The fourth-order valence-corrected chi connectivity index (χ4v) is 3.74. The molecule has 1 aliphatic heterocycles. The van der Waals surface area contributed by atoms with Crippen LogP contribution in [0.3, 0.4) is 0 Å². The Morgan fingerprint density at radius 3 is 2.78 bits per heavy atom. The van der Waals surface area contributed by atoms with Gasteiger partial charge in [-0.1, -0.05) is 6.92 Å². The van der Waals surface area contributed by atoms with Crippen molar-refractivity contribution in [3.05, 3.63) is 0 Å². The van der Waals surface area contributed by atoms with Crippen LogP contribution in [0.5, 0.6) is 0 Å². The molecule has 1 saturated carbocycles. The van der Waals surface area contributed by atoms with Crippen molar-refractivity contribution in [3.63, 3.8) is 0 Å². The van der Waals surface area contributed by atoms with Gasteiger partial charge in [0.2, 0.25) is 0 Å². The third-order valence-corrected chi connectivity index (χ3v) is 5.22. The third kappa shape index (κ3) is 3.25. The molecule has 3 atom stereocenters. The summed E-state index contributed by atoms with van der Waals surface area (Å²) in [6.07, 6.45) is 8.90. The van der Waals surface area contributed by atoms with Gasteiger partial charge in [0, 0.05) is 11.6 Å². The topological polar surface area (TPSA) is 35.5 Å². The van der Waals surface area contributed by atoms with Gasteiger partial charge in [0.1, 0.15) is 0 Å².